The molecule has 0 unspecified atom stereocenters. The van der Waals surface area contributed by atoms with Gasteiger partial charge in [-0.25, -0.2) is 4.39 Å². The molecule has 0 saturated heterocycles. The van der Waals surface area contributed by atoms with Crippen LogP contribution in [-0.2, 0) is 12.8 Å². The van der Waals surface area contributed by atoms with Crippen molar-refractivity contribution in [3.05, 3.63) is 46.3 Å². The standard InChI is InChI=1S/C23H33F/c1-3-5-7-17-8-11-19(12-9-17)22-15-20-13-10-18(6-4-2)14-21(20)16-23(22)24/h10,15-17,19H,3-9,11-14H2,1-2H3. The van der Waals surface area contributed by atoms with E-state index >= 15 is 0 Å². The van der Waals surface area contributed by atoms with Gasteiger partial charge in [-0.1, -0.05) is 57.2 Å². The molecule has 0 amide bonds. The molecule has 2 aliphatic rings. The van der Waals surface area contributed by atoms with Crippen molar-refractivity contribution in [2.24, 2.45) is 5.92 Å². The predicted octanol–water partition coefficient (Wildman–Crippen LogP) is 7.11. The van der Waals surface area contributed by atoms with Crippen LogP contribution in [0.25, 0.3) is 0 Å². The third kappa shape index (κ3) is 4.10. The summed E-state index contributed by atoms with van der Waals surface area (Å²) >= 11 is 0. The van der Waals surface area contributed by atoms with Gasteiger partial charge in [-0.15, -0.1) is 0 Å². The topological polar surface area (TPSA) is 0 Å². The van der Waals surface area contributed by atoms with E-state index in [0.29, 0.717) is 5.92 Å². The van der Waals surface area contributed by atoms with Crippen LogP contribution in [0.4, 0.5) is 4.39 Å². The lowest BCUT2D eigenvalue weighted by atomic mass is 9.76. The maximum Gasteiger partial charge on any atom is 0.126 e. The van der Waals surface area contributed by atoms with Crippen LogP contribution in [0, 0.1) is 11.7 Å². The molecule has 0 N–H and O–H groups in total. The van der Waals surface area contributed by atoms with E-state index in [1.165, 1.54) is 68.1 Å². The van der Waals surface area contributed by atoms with E-state index in [4.69, 9.17) is 0 Å². The Morgan fingerprint density at radius 3 is 2.50 bits per heavy atom. The summed E-state index contributed by atoms with van der Waals surface area (Å²) in [7, 11) is 0. The number of benzene rings is 1. The average Bonchev–Trinajstić information content (AvgIpc) is 2.60. The van der Waals surface area contributed by atoms with Gasteiger partial charge in [-0.05, 0) is 79.5 Å². The number of hydrogen-bond acceptors (Lipinski definition) is 0. The fraction of sp³-hybridized carbons (Fsp3) is 0.652. The molecule has 3 rings (SSSR count). The molecule has 0 heterocycles. The monoisotopic (exact) mass is 328 g/mol. The summed E-state index contributed by atoms with van der Waals surface area (Å²) in [4.78, 5) is 0. The smallest absolute Gasteiger partial charge is 0.126 e. The quantitative estimate of drug-likeness (QED) is 0.488. The molecule has 1 heteroatoms. The minimum absolute atomic E-state index is 0.0588. The van der Waals surface area contributed by atoms with Crippen LogP contribution >= 0.6 is 0 Å². The fourth-order valence-corrected chi connectivity index (χ4v) is 4.68. The molecule has 0 spiro atoms. The molecule has 132 valence electrons. The Morgan fingerprint density at radius 1 is 1.00 bits per heavy atom. The van der Waals surface area contributed by atoms with Crippen molar-refractivity contribution in [2.45, 2.75) is 90.4 Å². The first-order chi connectivity index (χ1) is 11.7. The highest BCUT2D eigenvalue weighted by molar-refractivity contribution is 5.41. The highest BCUT2D eigenvalue weighted by Gasteiger charge is 2.25. The van der Waals surface area contributed by atoms with Gasteiger partial charge in [0.1, 0.15) is 5.82 Å². The molecule has 0 atom stereocenters. The molecular weight excluding hydrogens is 295 g/mol. The van der Waals surface area contributed by atoms with Gasteiger partial charge in [0.2, 0.25) is 0 Å². The summed E-state index contributed by atoms with van der Waals surface area (Å²) in [5, 5.41) is 0. The molecule has 0 aromatic heterocycles. The van der Waals surface area contributed by atoms with Crippen molar-refractivity contribution < 1.29 is 4.39 Å². The van der Waals surface area contributed by atoms with Crippen molar-refractivity contribution in [3.8, 4) is 0 Å². The van der Waals surface area contributed by atoms with E-state index in [1.807, 2.05) is 6.07 Å². The van der Waals surface area contributed by atoms with Crippen LogP contribution in [0.5, 0.6) is 0 Å². The first kappa shape index (κ1) is 17.7. The first-order valence-electron chi connectivity index (χ1n) is 10.2. The van der Waals surface area contributed by atoms with Gasteiger partial charge in [0.25, 0.3) is 0 Å². The zero-order valence-electron chi connectivity index (χ0n) is 15.5. The summed E-state index contributed by atoms with van der Waals surface area (Å²) < 4.78 is 14.8. The molecule has 0 radical (unpaired) electrons. The number of allylic oxidation sites excluding steroid dienone is 2. The summed E-state index contributed by atoms with van der Waals surface area (Å²) in [5.74, 6) is 1.40. The van der Waals surface area contributed by atoms with Crippen LogP contribution in [0.15, 0.2) is 23.8 Å². The second kappa shape index (κ2) is 8.32. The van der Waals surface area contributed by atoms with Crippen molar-refractivity contribution in [1.29, 1.82) is 0 Å². The Labute approximate surface area is 147 Å². The Balaban J connectivity index is 1.67. The number of hydrogen-bond donors (Lipinski definition) is 0. The molecule has 24 heavy (non-hydrogen) atoms. The van der Waals surface area contributed by atoms with Gasteiger partial charge in [-0.3, -0.25) is 0 Å². The zero-order valence-corrected chi connectivity index (χ0v) is 15.5. The predicted molar refractivity (Wildman–Crippen MR) is 101 cm³/mol. The molecule has 0 aliphatic heterocycles. The minimum atomic E-state index is 0.0588. The van der Waals surface area contributed by atoms with Gasteiger partial charge in [0.05, 0.1) is 0 Å². The number of halogens is 1. The van der Waals surface area contributed by atoms with Gasteiger partial charge >= 0.3 is 0 Å². The molecule has 0 bridgehead atoms. The van der Waals surface area contributed by atoms with E-state index in [-0.39, 0.29) is 5.82 Å². The molecule has 1 fully saturated rings. The second-order valence-electron chi connectivity index (χ2n) is 8.00. The molecule has 2 aliphatic carbocycles. The van der Waals surface area contributed by atoms with Gasteiger partial charge in [-0.2, -0.15) is 0 Å². The summed E-state index contributed by atoms with van der Waals surface area (Å²) in [6.45, 7) is 4.49. The number of unbranched alkanes of at least 4 members (excludes halogenated alkanes) is 1. The highest BCUT2D eigenvalue weighted by atomic mass is 19.1. The van der Waals surface area contributed by atoms with E-state index in [9.17, 15) is 4.39 Å². The first-order valence-corrected chi connectivity index (χ1v) is 10.2. The van der Waals surface area contributed by atoms with Crippen LogP contribution in [0.3, 0.4) is 0 Å². The van der Waals surface area contributed by atoms with E-state index in [0.717, 1.165) is 30.7 Å². The summed E-state index contributed by atoms with van der Waals surface area (Å²) in [5.41, 5.74) is 5.11. The van der Waals surface area contributed by atoms with Crippen molar-refractivity contribution in [3.63, 3.8) is 0 Å². The van der Waals surface area contributed by atoms with Gasteiger partial charge < -0.3 is 0 Å². The Hall–Kier alpha value is -1.11. The van der Waals surface area contributed by atoms with Crippen molar-refractivity contribution in [2.75, 3.05) is 0 Å². The van der Waals surface area contributed by atoms with E-state index in [2.05, 4.69) is 26.0 Å². The summed E-state index contributed by atoms with van der Waals surface area (Å²) in [6.07, 6.45) is 15.7. The SMILES string of the molecule is CCCCC1CCC(c2cc3c(cc2F)CC(CCC)=CC3)CC1. The third-order valence-corrected chi connectivity index (χ3v) is 6.17. The number of rotatable bonds is 6. The zero-order chi connectivity index (χ0) is 16.9. The van der Waals surface area contributed by atoms with Crippen molar-refractivity contribution in [1.82, 2.24) is 0 Å². The lowest BCUT2D eigenvalue weighted by Crippen LogP contribution is -2.15. The molecule has 0 nitrogen and oxygen atoms in total. The van der Waals surface area contributed by atoms with E-state index < -0.39 is 0 Å². The van der Waals surface area contributed by atoms with E-state index in [1.54, 1.807) is 0 Å². The lowest BCUT2D eigenvalue weighted by molar-refractivity contribution is 0.300. The lowest BCUT2D eigenvalue weighted by Gasteiger charge is -2.30. The molecule has 1 saturated carbocycles. The maximum absolute atomic E-state index is 14.8. The van der Waals surface area contributed by atoms with Gasteiger partial charge in [0, 0.05) is 0 Å². The minimum Gasteiger partial charge on any atom is -0.207 e. The average molecular weight is 329 g/mol. The molecular formula is C23H33F. The normalized spacial score (nSPS) is 23.7. The highest BCUT2D eigenvalue weighted by Crippen LogP contribution is 2.40. The maximum atomic E-state index is 14.8. The van der Waals surface area contributed by atoms with Crippen LogP contribution in [0.1, 0.15) is 94.2 Å². The third-order valence-electron chi connectivity index (χ3n) is 6.17. The Morgan fingerprint density at radius 2 is 1.79 bits per heavy atom. The fourth-order valence-electron chi connectivity index (χ4n) is 4.68. The molecule has 1 aromatic carbocycles. The van der Waals surface area contributed by atoms with Crippen molar-refractivity contribution >= 4 is 0 Å². The number of fused-ring (bicyclic) bond motifs is 1. The van der Waals surface area contributed by atoms with Crippen LogP contribution in [-0.4, -0.2) is 0 Å². The largest absolute Gasteiger partial charge is 0.207 e. The summed E-state index contributed by atoms with van der Waals surface area (Å²) in [6, 6.07) is 4.07. The second-order valence-corrected chi connectivity index (χ2v) is 8.00. The van der Waals surface area contributed by atoms with Gasteiger partial charge in [0.15, 0.2) is 0 Å². The van der Waals surface area contributed by atoms with Crippen LogP contribution in [0.2, 0.25) is 0 Å². The molecule has 1 aromatic rings. The van der Waals surface area contributed by atoms with Crippen LogP contribution < -0.4 is 0 Å². The Kier molecular flexibility index (Phi) is 6.14. The Bertz CT molecular complexity index is 576.